The number of amides is 2. The highest BCUT2D eigenvalue weighted by atomic mass is 35.5. The van der Waals surface area contributed by atoms with Crippen LogP contribution in [-0.2, 0) is 32.3 Å². The topological polar surface area (TPSA) is 86.8 Å². The van der Waals surface area contributed by atoms with E-state index in [1.807, 2.05) is 6.92 Å². The molecule has 1 unspecified atom stereocenters. The molecule has 0 saturated carbocycles. The third-order valence-electron chi connectivity index (χ3n) is 6.00. The average molecular weight is 611 g/mol. The lowest BCUT2D eigenvalue weighted by Gasteiger charge is -2.30. The van der Waals surface area contributed by atoms with Crippen LogP contribution in [0.2, 0.25) is 10.0 Å². The van der Waals surface area contributed by atoms with Crippen LogP contribution in [0, 0.1) is 0 Å². The van der Waals surface area contributed by atoms with Crippen molar-refractivity contribution >= 4 is 50.7 Å². The molecule has 2 rings (SSSR count). The number of sulfonamides is 1. The van der Waals surface area contributed by atoms with Crippen molar-refractivity contribution < 1.29 is 31.2 Å². The Kier molecular flexibility index (Phi) is 11.9. The summed E-state index contributed by atoms with van der Waals surface area (Å²) in [5, 5.41) is 3.41. The van der Waals surface area contributed by atoms with Crippen LogP contribution in [-0.4, -0.2) is 50.5 Å². The second-order valence-corrected chi connectivity index (χ2v) is 11.8. The summed E-state index contributed by atoms with van der Waals surface area (Å²) in [5.74, 6) is -0.844. The van der Waals surface area contributed by atoms with Gasteiger partial charge in [0.2, 0.25) is 21.8 Å². The first-order valence-electron chi connectivity index (χ1n) is 12.3. The highest BCUT2D eigenvalue weighted by Gasteiger charge is 2.32. The van der Waals surface area contributed by atoms with E-state index in [0.717, 1.165) is 41.6 Å². The summed E-state index contributed by atoms with van der Waals surface area (Å²) in [6.07, 6.45) is -2.33. The quantitative estimate of drug-likeness (QED) is 0.287. The number of nitrogens with one attached hydrogen (secondary N) is 1. The van der Waals surface area contributed by atoms with Crippen LogP contribution in [0.25, 0.3) is 0 Å². The second kappa shape index (κ2) is 14.2. The van der Waals surface area contributed by atoms with Gasteiger partial charge in [-0.05, 0) is 50.1 Å². The lowest BCUT2D eigenvalue weighted by Crippen LogP contribution is -2.48. The number of anilines is 1. The molecule has 39 heavy (non-hydrogen) atoms. The Labute approximate surface area is 237 Å². The van der Waals surface area contributed by atoms with Crippen molar-refractivity contribution in [3.8, 4) is 0 Å². The smallest absolute Gasteiger partial charge is 0.354 e. The molecule has 0 aliphatic rings. The molecule has 0 radical (unpaired) electrons. The Bertz CT molecular complexity index is 1240. The van der Waals surface area contributed by atoms with Gasteiger partial charge < -0.3 is 10.2 Å². The van der Waals surface area contributed by atoms with Gasteiger partial charge in [0.1, 0.15) is 6.04 Å². The SMILES string of the molecule is CCCCNC(=O)C(C)N(Cc1c(Cl)cccc1Cl)C(=O)CCCN(c1cccc(C(F)(F)F)c1)S(C)(=O)=O. The molecule has 216 valence electrons. The Morgan fingerprint density at radius 2 is 1.67 bits per heavy atom. The van der Waals surface area contributed by atoms with Crippen molar-refractivity contribution in [3.63, 3.8) is 0 Å². The summed E-state index contributed by atoms with van der Waals surface area (Å²) in [7, 11) is -3.96. The minimum Gasteiger partial charge on any atom is -0.354 e. The van der Waals surface area contributed by atoms with E-state index in [9.17, 15) is 31.2 Å². The average Bonchev–Trinajstić information content (AvgIpc) is 2.85. The first-order valence-corrected chi connectivity index (χ1v) is 14.9. The van der Waals surface area contributed by atoms with Crippen LogP contribution in [0.3, 0.4) is 0 Å². The number of hydrogen-bond donors (Lipinski definition) is 1. The summed E-state index contributed by atoms with van der Waals surface area (Å²) in [6, 6.07) is 7.94. The van der Waals surface area contributed by atoms with Crippen LogP contribution in [0.1, 0.15) is 50.7 Å². The fraction of sp³-hybridized carbons (Fsp3) is 0.462. The third kappa shape index (κ3) is 9.58. The van der Waals surface area contributed by atoms with Gasteiger partial charge in [-0.25, -0.2) is 8.42 Å². The van der Waals surface area contributed by atoms with Gasteiger partial charge in [0, 0.05) is 41.7 Å². The summed E-state index contributed by atoms with van der Waals surface area (Å²) in [5.41, 5.74) is -0.706. The van der Waals surface area contributed by atoms with Crippen molar-refractivity contribution in [2.75, 3.05) is 23.7 Å². The number of unbranched alkanes of at least 4 members (excludes halogenated alkanes) is 1. The number of rotatable bonds is 13. The van der Waals surface area contributed by atoms with Crippen molar-refractivity contribution in [1.29, 1.82) is 0 Å². The molecule has 0 aliphatic carbocycles. The van der Waals surface area contributed by atoms with E-state index >= 15 is 0 Å². The van der Waals surface area contributed by atoms with Crippen LogP contribution in [0.5, 0.6) is 0 Å². The molecule has 1 N–H and O–H groups in total. The molecule has 0 heterocycles. The van der Waals surface area contributed by atoms with Crippen molar-refractivity contribution in [1.82, 2.24) is 10.2 Å². The van der Waals surface area contributed by atoms with Gasteiger partial charge >= 0.3 is 6.18 Å². The van der Waals surface area contributed by atoms with Gasteiger partial charge in [0.15, 0.2) is 0 Å². The minimum absolute atomic E-state index is 0.0148. The number of benzene rings is 2. The third-order valence-corrected chi connectivity index (χ3v) is 7.90. The molecule has 0 aliphatic heterocycles. The number of nitrogens with zero attached hydrogens (tertiary/aromatic N) is 2. The first-order chi connectivity index (χ1) is 18.2. The molecule has 7 nitrogen and oxygen atoms in total. The first kappa shape index (κ1) is 32.7. The fourth-order valence-corrected chi connectivity index (χ4v) is 5.29. The van der Waals surface area contributed by atoms with E-state index in [2.05, 4.69) is 5.32 Å². The van der Waals surface area contributed by atoms with E-state index < -0.39 is 33.7 Å². The van der Waals surface area contributed by atoms with Crippen LogP contribution in [0.4, 0.5) is 18.9 Å². The highest BCUT2D eigenvalue weighted by molar-refractivity contribution is 7.92. The van der Waals surface area contributed by atoms with Crippen molar-refractivity contribution in [2.45, 2.75) is 58.3 Å². The van der Waals surface area contributed by atoms with E-state index in [1.165, 1.54) is 11.0 Å². The Morgan fingerprint density at radius 1 is 1.05 bits per heavy atom. The van der Waals surface area contributed by atoms with Gasteiger partial charge in [-0.15, -0.1) is 0 Å². The standard InChI is InChI=1S/C26H32Cl2F3N3O4S/c1-4-5-14-32-25(36)18(2)33(17-21-22(27)11-7-12-23(21)28)24(35)13-8-15-34(39(3,37)38)20-10-6-9-19(16-20)26(29,30)31/h6-7,9-12,16,18H,4-5,8,13-15,17H2,1-3H3,(H,32,36). The van der Waals surface area contributed by atoms with E-state index in [1.54, 1.807) is 25.1 Å². The predicted molar refractivity (Wildman–Crippen MR) is 147 cm³/mol. The van der Waals surface area contributed by atoms with Crippen LogP contribution >= 0.6 is 23.2 Å². The molecule has 0 spiro atoms. The van der Waals surface area contributed by atoms with Gasteiger partial charge in [-0.3, -0.25) is 13.9 Å². The Morgan fingerprint density at radius 3 is 2.23 bits per heavy atom. The predicted octanol–water partition coefficient (Wildman–Crippen LogP) is 5.89. The summed E-state index contributed by atoms with van der Waals surface area (Å²) in [6.45, 7) is 3.67. The second-order valence-electron chi connectivity index (χ2n) is 9.03. The maximum absolute atomic E-state index is 13.3. The molecule has 0 fully saturated rings. The highest BCUT2D eigenvalue weighted by Crippen LogP contribution is 2.32. The van der Waals surface area contributed by atoms with Crippen LogP contribution in [0.15, 0.2) is 42.5 Å². The lowest BCUT2D eigenvalue weighted by atomic mass is 10.1. The Balaban J connectivity index is 2.25. The fourth-order valence-electron chi connectivity index (χ4n) is 3.81. The summed E-state index contributed by atoms with van der Waals surface area (Å²) >= 11 is 12.6. The molecule has 1 atom stereocenters. The normalized spacial score (nSPS) is 12.6. The number of hydrogen-bond acceptors (Lipinski definition) is 4. The van der Waals surface area contributed by atoms with Gasteiger partial charge in [0.25, 0.3) is 0 Å². The summed E-state index contributed by atoms with van der Waals surface area (Å²) < 4.78 is 65.2. The molecule has 2 aromatic rings. The van der Waals surface area contributed by atoms with Crippen molar-refractivity contribution in [2.24, 2.45) is 0 Å². The van der Waals surface area contributed by atoms with Gasteiger partial charge in [0.05, 0.1) is 17.5 Å². The molecular weight excluding hydrogens is 578 g/mol. The zero-order valence-corrected chi connectivity index (χ0v) is 24.2. The van der Waals surface area contributed by atoms with Gasteiger partial charge in [-0.1, -0.05) is 48.7 Å². The number of carbonyl (C=O) groups is 2. The molecule has 0 aromatic heterocycles. The van der Waals surface area contributed by atoms with E-state index in [-0.39, 0.29) is 37.5 Å². The molecule has 2 aromatic carbocycles. The zero-order chi connectivity index (χ0) is 29.4. The molecule has 0 saturated heterocycles. The molecule has 13 heteroatoms. The summed E-state index contributed by atoms with van der Waals surface area (Å²) in [4.78, 5) is 27.4. The van der Waals surface area contributed by atoms with E-state index in [0.29, 0.717) is 22.2 Å². The van der Waals surface area contributed by atoms with Crippen molar-refractivity contribution in [3.05, 3.63) is 63.6 Å². The molecular formula is C26H32Cl2F3N3O4S. The number of halogens is 5. The van der Waals surface area contributed by atoms with Gasteiger partial charge in [-0.2, -0.15) is 13.2 Å². The monoisotopic (exact) mass is 609 g/mol. The number of alkyl halides is 3. The minimum atomic E-state index is -4.65. The Hall–Kier alpha value is -2.50. The number of carbonyl (C=O) groups excluding carboxylic acids is 2. The maximum Gasteiger partial charge on any atom is 0.416 e. The largest absolute Gasteiger partial charge is 0.416 e. The van der Waals surface area contributed by atoms with Crippen LogP contribution < -0.4 is 9.62 Å². The maximum atomic E-state index is 13.3. The zero-order valence-electron chi connectivity index (χ0n) is 21.9. The van der Waals surface area contributed by atoms with E-state index in [4.69, 9.17) is 23.2 Å². The molecule has 2 amide bonds. The molecule has 0 bridgehead atoms. The lowest BCUT2D eigenvalue weighted by molar-refractivity contribution is -0.140.